The summed E-state index contributed by atoms with van der Waals surface area (Å²) in [5.41, 5.74) is 6.09. The second-order valence-electron chi connectivity index (χ2n) is 8.30. The molecule has 1 aromatic carbocycles. The van der Waals surface area contributed by atoms with Crippen LogP contribution in [0.4, 0.5) is 15.8 Å². The van der Waals surface area contributed by atoms with Crippen LogP contribution in [-0.4, -0.2) is 50.7 Å². The molecule has 8 heteroatoms. The van der Waals surface area contributed by atoms with E-state index in [2.05, 4.69) is 24.9 Å². The largest absolute Gasteiger partial charge is 0.368 e. The van der Waals surface area contributed by atoms with Gasteiger partial charge in [-0.05, 0) is 42.3 Å². The van der Waals surface area contributed by atoms with Gasteiger partial charge in [-0.1, -0.05) is 0 Å². The Labute approximate surface area is 190 Å². The molecule has 1 aliphatic rings. The minimum Gasteiger partial charge on any atom is -0.368 e. The topological polar surface area (TPSA) is 62.5 Å². The molecule has 5 aromatic rings. The van der Waals surface area contributed by atoms with Crippen molar-refractivity contribution in [2.24, 2.45) is 0 Å². The van der Waals surface area contributed by atoms with Crippen LogP contribution < -0.4 is 9.80 Å². The van der Waals surface area contributed by atoms with Gasteiger partial charge >= 0.3 is 0 Å². The quantitative estimate of drug-likeness (QED) is 0.422. The first kappa shape index (κ1) is 19.6. The standard InChI is InChI=1S/C25H22FN7/c1-17-12-21-20(4-7-28-24(21)13-23(17)26)22-15-30-33-16-19(14-29-25(22)33)32-10-8-31(9-11-32)18-2-5-27-6-3-18/h2-7,12-16H,8-11H2,1H3. The second kappa shape index (κ2) is 7.81. The van der Waals surface area contributed by atoms with Crippen molar-refractivity contribution in [3.63, 3.8) is 0 Å². The maximum Gasteiger partial charge on any atom is 0.162 e. The Bertz CT molecular complexity index is 1460. The van der Waals surface area contributed by atoms with Gasteiger partial charge in [0.1, 0.15) is 5.82 Å². The summed E-state index contributed by atoms with van der Waals surface area (Å²) in [7, 11) is 0. The van der Waals surface area contributed by atoms with Gasteiger partial charge in [0.05, 0.1) is 29.8 Å². The van der Waals surface area contributed by atoms with Crippen molar-refractivity contribution < 1.29 is 4.39 Å². The lowest BCUT2D eigenvalue weighted by molar-refractivity contribution is 0.620. The summed E-state index contributed by atoms with van der Waals surface area (Å²) < 4.78 is 15.9. The highest BCUT2D eigenvalue weighted by molar-refractivity contribution is 5.98. The Morgan fingerprint density at radius 2 is 1.58 bits per heavy atom. The minimum absolute atomic E-state index is 0.251. The maximum absolute atomic E-state index is 14.0. The summed E-state index contributed by atoms with van der Waals surface area (Å²) in [6, 6.07) is 9.36. The number of fused-ring (bicyclic) bond motifs is 2. The molecule has 6 rings (SSSR count). The van der Waals surface area contributed by atoms with Gasteiger partial charge in [0.15, 0.2) is 5.65 Å². The van der Waals surface area contributed by atoms with E-state index in [4.69, 9.17) is 4.98 Å². The average molecular weight is 439 g/mol. The zero-order valence-electron chi connectivity index (χ0n) is 18.2. The van der Waals surface area contributed by atoms with Crippen molar-refractivity contribution in [1.82, 2.24) is 24.6 Å². The average Bonchev–Trinajstić information content (AvgIpc) is 3.28. The highest BCUT2D eigenvalue weighted by Gasteiger charge is 2.19. The first-order valence-electron chi connectivity index (χ1n) is 11.0. The Hall–Kier alpha value is -4.07. The molecule has 0 amide bonds. The number of rotatable bonds is 3. The normalized spacial score (nSPS) is 14.4. The van der Waals surface area contributed by atoms with Crippen molar-refractivity contribution in [3.05, 3.63) is 78.9 Å². The number of nitrogens with zero attached hydrogens (tertiary/aromatic N) is 7. The SMILES string of the molecule is Cc1cc2c(-c3cnn4cc(N5CCN(c6ccncc6)CC5)cnc34)ccnc2cc1F. The minimum atomic E-state index is -0.251. The third kappa shape index (κ3) is 3.44. The third-order valence-corrected chi connectivity index (χ3v) is 6.33. The number of aromatic nitrogens is 5. The molecule has 0 N–H and O–H groups in total. The molecule has 0 unspecified atom stereocenters. The summed E-state index contributed by atoms with van der Waals surface area (Å²) in [4.78, 5) is 17.9. The molecule has 0 bridgehead atoms. The Balaban J connectivity index is 1.30. The van der Waals surface area contributed by atoms with Gasteiger partial charge in [0.2, 0.25) is 0 Å². The van der Waals surface area contributed by atoms with Crippen LogP contribution in [0.3, 0.4) is 0 Å². The lowest BCUT2D eigenvalue weighted by Crippen LogP contribution is -2.46. The Kier molecular flexibility index (Phi) is 4.64. The van der Waals surface area contributed by atoms with Crippen LogP contribution in [0.5, 0.6) is 0 Å². The Morgan fingerprint density at radius 1 is 0.818 bits per heavy atom. The monoisotopic (exact) mass is 439 g/mol. The lowest BCUT2D eigenvalue weighted by Gasteiger charge is -2.37. The predicted octanol–water partition coefficient (Wildman–Crippen LogP) is 4.11. The highest BCUT2D eigenvalue weighted by atomic mass is 19.1. The van der Waals surface area contributed by atoms with E-state index >= 15 is 0 Å². The number of piperazine rings is 1. The maximum atomic E-state index is 14.0. The van der Waals surface area contributed by atoms with E-state index in [9.17, 15) is 4.39 Å². The van der Waals surface area contributed by atoms with E-state index in [1.807, 2.05) is 59.8 Å². The summed E-state index contributed by atoms with van der Waals surface area (Å²) >= 11 is 0. The van der Waals surface area contributed by atoms with Crippen molar-refractivity contribution in [2.75, 3.05) is 36.0 Å². The van der Waals surface area contributed by atoms with E-state index in [0.717, 1.165) is 54.0 Å². The predicted molar refractivity (Wildman–Crippen MR) is 127 cm³/mol. The highest BCUT2D eigenvalue weighted by Crippen LogP contribution is 2.32. The van der Waals surface area contributed by atoms with E-state index in [1.54, 1.807) is 13.1 Å². The number of aryl methyl sites for hydroxylation is 1. The van der Waals surface area contributed by atoms with Gasteiger partial charge in [-0.2, -0.15) is 5.10 Å². The number of hydrogen-bond acceptors (Lipinski definition) is 6. The second-order valence-corrected chi connectivity index (χ2v) is 8.30. The van der Waals surface area contributed by atoms with Crippen molar-refractivity contribution in [1.29, 1.82) is 0 Å². The van der Waals surface area contributed by atoms with Gasteiger partial charge in [0, 0.05) is 67.5 Å². The summed E-state index contributed by atoms with van der Waals surface area (Å²) in [5.74, 6) is -0.251. The van der Waals surface area contributed by atoms with Crippen LogP contribution in [0.2, 0.25) is 0 Å². The number of pyridine rings is 2. The molecule has 0 aliphatic carbocycles. The lowest BCUT2D eigenvalue weighted by atomic mass is 10.0. The smallest absolute Gasteiger partial charge is 0.162 e. The third-order valence-electron chi connectivity index (χ3n) is 6.33. The molecule has 0 atom stereocenters. The van der Waals surface area contributed by atoms with Crippen LogP contribution in [-0.2, 0) is 0 Å². The van der Waals surface area contributed by atoms with Crippen LogP contribution >= 0.6 is 0 Å². The zero-order valence-corrected chi connectivity index (χ0v) is 18.2. The van der Waals surface area contributed by atoms with Crippen molar-refractivity contribution in [3.8, 4) is 11.1 Å². The Morgan fingerprint density at radius 3 is 2.36 bits per heavy atom. The van der Waals surface area contributed by atoms with Crippen LogP contribution in [0.15, 0.2) is 67.5 Å². The fourth-order valence-electron chi connectivity index (χ4n) is 4.51. The fourth-order valence-corrected chi connectivity index (χ4v) is 4.51. The molecule has 0 spiro atoms. The van der Waals surface area contributed by atoms with Crippen LogP contribution in [0.25, 0.3) is 27.7 Å². The van der Waals surface area contributed by atoms with Gasteiger partial charge in [-0.3, -0.25) is 9.97 Å². The summed E-state index contributed by atoms with van der Waals surface area (Å²) in [6.45, 7) is 5.45. The van der Waals surface area contributed by atoms with E-state index in [1.165, 1.54) is 11.8 Å². The molecule has 5 heterocycles. The first-order chi connectivity index (χ1) is 16.2. The summed E-state index contributed by atoms with van der Waals surface area (Å²) in [6.07, 6.45) is 11.1. The molecule has 1 fully saturated rings. The molecule has 7 nitrogen and oxygen atoms in total. The van der Waals surface area contributed by atoms with Crippen LogP contribution in [0, 0.1) is 12.7 Å². The number of anilines is 2. The molecular weight excluding hydrogens is 417 g/mol. The molecule has 33 heavy (non-hydrogen) atoms. The van der Waals surface area contributed by atoms with E-state index in [0.29, 0.717) is 11.1 Å². The zero-order chi connectivity index (χ0) is 22.4. The molecule has 1 aliphatic heterocycles. The van der Waals surface area contributed by atoms with Gasteiger partial charge in [-0.15, -0.1) is 0 Å². The van der Waals surface area contributed by atoms with E-state index < -0.39 is 0 Å². The molecule has 4 aromatic heterocycles. The molecule has 1 saturated heterocycles. The molecule has 0 saturated carbocycles. The van der Waals surface area contributed by atoms with Crippen molar-refractivity contribution >= 4 is 27.9 Å². The number of hydrogen-bond donors (Lipinski definition) is 0. The first-order valence-corrected chi connectivity index (χ1v) is 11.0. The number of benzene rings is 1. The fraction of sp³-hybridized carbons (Fsp3) is 0.200. The van der Waals surface area contributed by atoms with E-state index in [-0.39, 0.29) is 5.82 Å². The molecule has 0 radical (unpaired) electrons. The van der Waals surface area contributed by atoms with Gasteiger partial charge in [-0.25, -0.2) is 13.9 Å². The van der Waals surface area contributed by atoms with Gasteiger partial charge in [0.25, 0.3) is 0 Å². The number of halogens is 1. The van der Waals surface area contributed by atoms with Gasteiger partial charge < -0.3 is 9.80 Å². The molecular formula is C25H22FN7. The molecule has 164 valence electrons. The summed E-state index contributed by atoms with van der Waals surface area (Å²) in [5, 5.41) is 5.47. The van der Waals surface area contributed by atoms with Crippen molar-refractivity contribution in [2.45, 2.75) is 6.92 Å². The van der Waals surface area contributed by atoms with Crippen LogP contribution in [0.1, 0.15) is 5.56 Å².